The Morgan fingerprint density at radius 2 is 2.19 bits per heavy atom. The molecule has 2 aromatic rings. The van der Waals surface area contributed by atoms with Crippen LogP contribution in [0.15, 0.2) is 30.5 Å². The molecular weight excluding hydrogens is 274 g/mol. The third-order valence-corrected chi connectivity index (χ3v) is 2.75. The maximum absolute atomic E-state index is 12.0. The molecule has 110 valence electrons. The molecule has 21 heavy (non-hydrogen) atoms. The van der Waals surface area contributed by atoms with Crippen LogP contribution in [0.1, 0.15) is 16.1 Å². The molecule has 7 heteroatoms. The van der Waals surface area contributed by atoms with Gasteiger partial charge in [-0.25, -0.2) is 4.79 Å². The van der Waals surface area contributed by atoms with Gasteiger partial charge in [-0.1, -0.05) is 6.07 Å². The van der Waals surface area contributed by atoms with Gasteiger partial charge in [0.2, 0.25) is 0 Å². The number of methoxy groups -OCH3 is 1. The minimum absolute atomic E-state index is 0.186. The Hall–Kier alpha value is -2.83. The lowest BCUT2D eigenvalue weighted by molar-refractivity contribution is -0.142. The second-order valence-corrected chi connectivity index (χ2v) is 4.26. The number of H-pyrrole nitrogens is 1. The smallest absolute Gasteiger partial charge is 0.343 e. The molecule has 7 nitrogen and oxygen atoms in total. The van der Waals surface area contributed by atoms with E-state index in [0.717, 1.165) is 0 Å². The van der Waals surface area contributed by atoms with E-state index in [9.17, 15) is 9.59 Å². The summed E-state index contributed by atoms with van der Waals surface area (Å²) in [5.41, 5.74) is 1.71. The number of esters is 1. The van der Waals surface area contributed by atoms with Crippen LogP contribution in [-0.2, 0) is 9.53 Å². The Labute approximate surface area is 121 Å². The van der Waals surface area contributed by atoms with Crippen molar-refractivity contribution >= 4 is 17.6 Å². The predicted octanol–water partition coefficient (Wildman–Crippen LogP) is 1.52. The van der Waals surface area contributed by atoms with Crippen LogP contribution in [0.2, 0.25) is 0 Å². The molecule has 1 aromatic heterocycles. The predicted molar refractivity (Wildman–Crippen MR) is 75.2 cm³/mol. The van der Waals surface area contributed by atoms with Crippen molar-refractivity contribution in [1.29, 1.82) is 0 Å². The molecule has 1 heterocycles. The van der Waals surface area contributed by atoms with E-state index in [4.69, 9.17) is 4.74 Å². The standard InChI is InChI=1S/C14H15N3O4/c1-9-12(7-15-17-9)14(19)16-10-4-3-5-11(6-10)21-8-13(18)20-2/h3-7H,8H2,1-2H3,(H,15,17)(H,16,19). The molecule has 2 N–H and O–H groups in total. The zero-order valence-corrected chi connectivity index (χ0v) is 11.7. The zero-order chi connectivity index (χ0) is 15.2. The molecule has 1 amide bonds. The highest BCUT2D eigenvalue weighted by Crippen LogP contribution is 2.18. The number of amides is 1. The van der Waals surface area contributed by atoms with Gasteiger partial charge in [-0.05, 0) is 19.1 Å². The number of hydrogen-bond donors (Lipinski definition) is 2. The topological polar surface area (TPSA) is 93.3 Å². The first-order valence-electron chi connectivity index (χ1n) is 6.21. The summed E-state index contributed by atoms with van der Waals surface area (Å²) >= 11 is 0. The summed E-state index contributed by atoms with van der Waals surface area (Å²) in [4.78, 5) is 23.0. The number of nitrogens with zero attached hydrogens (tertiary/aromatic N) is 1. The normalized spacial score (nSPS) is 10.0. The first-order valence-corrected chi connectivity index (χ1v) is 6.21. The van der Waals surface area contributed by atoms with Gasteiger partial charge in [-0.2, -0.15) is 5.10 Å². The number of aromatic amines is 1. The third kappa shape index (κ3) is 3.82. The van der Waals surface area contributed by atoms with Gasteiger partial charge in [0.15, 0.2) is 6.61 Å². The average molecular weight is 289 g/mol. The van der Waals surface area contributed by atoms with Crippen molar-refractivity contribution < 1.29 is 19.1 Å². The van der Waals surface area contributed by atoms with Gasteiger partial charge in [-0.3, -0.25) is 9.89 Å². The Morgan fingerprint density at radius 1 is 1.38 bits per heavy atom. The molecule has 0 atom stereocenters. The van der Waals surface area contributed by atoms with Gasteiger partial charge in [0.1, 0.15) is 5.75 Å². The summed E-state index contributed by atoms with van der Waals surface area (Å²) in [5.74, 6) is -0.285. The molecule has 1 aromatic carbocycles. The second kappa shape index (κ2) is 6.56. The second-order valence-electron chi connectivity index (χ2n) is 4.26. The number of nitrogens with one attached hydrogen (secondary N) is 2. The van der Waals surface area contributed by atoms with Crippen molar-refractivity contribution in [2.24, 2.45) is 0 Å². The number of hydrogen-bond acceptors (Lipinski definition) is 5. The fourth-order valence-electron chi connectivity index (χ4n) is 1.64. The number of aromatic nitrogens is 2. The van der Waals surface area contributed by atoms with E-state index in [1.165, 1.54) is 13.3 Å². The van der Waals surface area contributed by atoms with E-state index in [1.807, 2.05) is 0 Å². The van der Waals surface area contributed by atoms with Crippen LogP contribution in [0.5, 0.6) is 5.75 Å². The van der Waals surface area contributed by atoms with E-state index in [2.05, 4.69) is 20.3 Å². The van der Waals surface area contributed by atoms with E-state index >= 15 is 0 Å². The van der Waals surface area contributed by atoms with Crippen molar-refractivity contribution in [1.82, 2.24) is 10.2 Å². The van der Waals surface area contributed by atoms with Crippen LogP contribution in [0, 0.1) is 6.92 Å². The summed E-state index contributed by atoms with van der Waals surface area (Å²) in [6.45, 7) is 1.58. The third-order valence-electron chi connectivity index (χ3n) is 2.75. The Morgan fingerprint density at radius 3 is 2.86 bits per heavy atom. The van der Waals surface area contributed by atoms with Gasteiger partial charge in [0.05, 0.1) is 18.9 Å². The van der Waals surface area contributed by atoms with Crippen LogP contribution in [0.25, 0.3) is 0 Å². The molecule has 0 aliphatic heterocycles. The number of benzene rings is 1. The van der Waals surface area contributed by atoms with Gasteiger partial charge in [-0.15, -0.1) is 0 Å². The fraction of sp³-hybridized carbons (Fsp3) is 0.214. The van der Waals surface area contributed by atoms with Crippen LogP contribution in [0.3, 0.4) is 0 Å². The van der Waals surface area contributed by atoms with Crippen LogP contribution in [0.4, 0.5) is 5.69 Å². The molecular formula is C14H15N3O4. The molecule has 0 aliphatic rings. The van der Waals surface area contributed by atoms with Gasteiger partial charge in [0.25, 0.3) is 5.91 Å². The van der Waals surface area contributed by atoms with Crippen molar-refractivity contribution in [2.45, 2.75) is 6.92 Å². The SMILES string of the molecule is COC(=O)COc1cccc(NC(=O)c2cn[nH]c2C)c1. The van der Waals surface area contributed by atoms with Gasteiger partial charge < -0.3 is 14.8 Å². The first-order chi connectivity index (χ1) is 10.1. The van der Waals surface area contributed by atoms with Crippen molar-refractivity contribution in [2.75, 3.05) is 19.0 Å². The number of ether oxygens (including phenoxy) is 2. The molecule has 0 fully saturated rings. The fourth-order valence-corrected chi connectivity index (χ4v) is 1.64. The molecule has 0 saturated heterocycles. The molecule has 0 aliphatic carbocycles. The van der Waals surface area contributed by atoms with Crippen molar-refractivity contribution in [3.63, 3.8) is 0 Å². The maximum atomic E-state index is 12.0. The summed E-state index contributed by atoms with van der Waals surface area (Å²) in [7, 11) is 1.29. The highest BCUT2D eigenvalue weighted by atomic mass is 16.6. The highest BCUT2D eigenvalue weighted by Gasteiger charge is 2.11. The molecule has 0 unspecified atom stereocenters. The van der Waals surface area contributed by atoms with Crippen LogP contribution >= 0.6 is 0 Å². The average Bonchev–Trinajstić information content (AvgIpc) is 2.91. The van der Waals surface area contributed by atoms with E-state index in [0.29, 0.717) is 22.7 Å². The lowest BCUT2D eigenvalue weighted by Crippen LogP contribution is -2.14. The zero-order valence-electron chi connectivity index (χ0n) is 11.7. The molecule has 0 saturated carbocycles. The van der Waals surface area contributed by atoms with E-state index in [1.54, 1.807) is 31.2 Å². The number of aryl methyl sites for hydroxylation is 1. The summed E-state index contributed by atoms with van der Waals surface area (Å²) < 4.78 is 9.74. The lowest BCUT2D eigenvalue weighted by atomic mass is 10.2. The number of anilines is 1. The number of rotatable bonds is 5. The van der Waals surface area contributed by atoms with Gasteiger partial charge in [0, 0.05) is 17.4 Å². The molecule has 0 spiro atoms. The van der Waals surface area contributed by atoms with Crippen LogP contribution < -0.4 is 10.1 Å². The molecule has 0 radical (unpaired) electrons. The molecule has 0 bridgehead atoms. The van der Waals surface area contributed by atoms with E-state index < -0.39 is 5.97 Å². The lowest BCUT2D eigenvalue weighted by Gasteiger charge is -2.08. The Kier molecular flexibility index (Phi) is 4.55. The minimum atomic E-state index is -0.474. The van der Waals surface area contributed by atoms with Crippen molar-refractivity contribution in [3.8, 4) is 5.75 Å². The van der Waals surface area contributed by atoms with E-state index in [-0.39, 0.29) is 12.5 Å². The minimum Gasteiger partial charge on any atom is -0.482 e. The summed E-state index contributed by atoms with van der Waals surface area (Å²) in [6.07, 6.45) is 1.46. The summed E-state index contributed by atoms with van der Waals surface area (Å²) in [6, 6.07) is 6.74. The van der Waals surface area contributed by atoms with Crippen LogP contribution in [-0.4, -0.2) is 35.8 Å². The summed E-state index contributed by atoms with van der Waals surface area (Å²) in [5, 5.41) is 9.23. The maximum Gasteiger partial charge on any atom is 0.343 e. The molecule has 2 rings (SSSR count). The Balaban J connectivity index is 2.02. The Bertz CT molecular complexity index is 651. The first kappa shape index (κ1) is 14.6. The monoisotopic (exact) mass is 289 g/mol. The quantitative estimate of drug-likeness (QED) is 0.814. The largest absolute Gasteiger partial charge is 0.482 e. The number of carbonyl (C=O) groups is 2. The van der Waals surface area contributed by atoms with Crippen molar-refractivity contribution in [3.05, 3.63) is 41.7 Å². The van der Waals surface area contributed by atoms with Gasteiger partial charge >= 0.3 is 5.97 Å². The number of carbonyl (C=O) groups excluding carboxylic acids is 2. The highest BCUT2D eigenvalue weighted by molar-refractivity contribution is 6.04.